The molecule has 40 heavy (non-hydrogen) atoms. The van der Waals surface area contributed by atoms with Gasteiger partial charge in [-0.15, -0.1) is 21.5 Å². The van der Waals surface area contributed by atoms with Crippen LogP contribution >= 0.6 is 34.7 Å². The molecule has 4 aromatic rings. The maximum atomic E-state index is 13.1. The maximum absolute atomic E-state index is 13.1. The second-order valence-corrected chi connectivity index (χ2v) is 11.3. The van der Waals surface area contributed by atoms with E-state index in [2.05, 4.69) is 20.8 Å². The van der Waals surface area contributed by atoms with E-state index in [-0.39, 0.29) is 30.6 Å². The molecule has 0 radical (unpaired) electrons. The van der Waals surface area contributed by atoms with Crippen LogP contribution in [0.2, 0.25) is 5.02 Å². The minimum Gasteiger partial charge on any atom is -0.462 e. The second kappa shape index (κ2) is 12.7. The first-order valence-corrected chi connectivity index (χ1v) is 14.9. The quantitative estimate of drug-likeness (QED) is 0.186. The number of nitrogens with zero attached hydrogens (tertiary/aromatic N) is 3. The maximum Gasteiger partial charge on any atom is 0.341 e. The van der Waals surface area contributed by atoms with E-state index in [9.17, 15) is 14.4 Å². The Hall–Kier alpha value is -3.61. The second-order valence-electron chi connectivity index (χ2n) is 8.85. The number of hydrogen-bond donors (Lipinski definition) is 2. The van der Waals surface area contributed by atoms with Gasteiger partial charge in [0, 0.05) is 9.90 Å². The first-order valence-electron chi connectivity index (χ1n) is 12.7. The number of esters is 1. The third kappa shape index (κ3) is 6.24. The predicted octanol–water partition coefficient (Wildman–Crippen LogP) is 5.29. The third-order valence-corrected chi connectivity index (χ3v) is 8.53. The Kier molecular flexibility index (Phi) is 8.88. The van der Waals surface area contributed by atoms with Crippen LogP contribution < -0.4 is 10.6 Å². The van der Waals surface area contributed by atoms with Crippen molar-refractivity contribution in [3.63, 3.8) is 0 Å². The molecule has 0 saturated heterocycles. The highest BCUT2D eigenvalue weighted by Crippen LogP contribution is 2.38. The summed E-state index contributed by atoms with van der Waals surface area (Å²) in [5.41, 5.74) is 2.13. The van der Waals surface area contributed by atoms with Gasteiger partial charge in [-0.05, 0) is 68.5 Å². The molecule has 0 unspecified atom stereocenters. The van der Waals surface area contributed by atoms with Crippen LogP contribution in [0.5, 0.6) is 0 Å². The third-order valence-electron chi connectivity index (χ3n) is 6.15. The summed E-state index contributed by atoms with van der Waals surface area (Å²) in [5.74, 6) is -0.454. The van der Waals surface area contributed by atoms with Crippen molar-refractivity contribution in [3.05, 3.63) is 75.3 Å². The number of thioether (sulfide) groups is 1. The Bertz CT molecular complexity index is 1530. The largest absolute Gasteiger partial charge is 0.462 e. The lowest BCUT2D eigenvalue weighted by Gasteiger charge is -2.12. The number of fused-ring (bicyclic) bond motifs is 1. The molecule has 0 aliphatic heterocycles. The van der Waals surface area contributed by atoms with E-state index in [0.717, 1.165) is 36.1 Å². The van der Waals surface area contributed by atoms with Gasteiger partial charge in [-0.2, -0.15) is 0 Å². The molecule has 0 fully saturated rings. The minimum atomic E-state index is -0.410. The summed E-state index contributed by atoms with van der Waals surface area (Å²) < 4.78 is 12.2. The van der Waals surface area contributed by atoms with Crippen LogP contribution in [0.25, 0.3) is 5.69 Å². The molecule has 1 aliphatic rings. The van der Waals surface area contributed by atoms with Gasteiger partial charge in [-0.3, -0.25) is 14.2 Å². The lowest BCUT2D eigenvalue weighted by Crippen LogP contribution is -2.24. The molecule has 1 aliphatic carbocycles. The van der Waals surface area contributed by atoms with E-state index in [4.69, 9.17) is 20.8 Å². The number of aryl methyl sites for hydroxylation is 1. The van der Waals surface area contributed by atoms with Crippen molar-refractivity contribution in [2.45, 2.75) is 44.3 Å². The van der Waals surface area contributed by atoms with Crippen molar-refractivity contribution in [1.29, 1.82) is 0 Å². The number of nitrogens with one attached hydrogen (secondary N) is 2. The normalized spacial score (nSPS) is 12.6. The SMILES string of the molecule is CCOC(=O)c1c(NC(=O)CSc2nnc(CNC(=O)c3ccco3)n2-c2cccc(Cl)c2)sc2c1CCCC2. The van der Waals surface area contributed by atoms with Crippen molar-refractivity contribution in [2.24, 2.45) is 0 Å². The lowest BCUT2D eigenvalue weighted by molar-refractivity contribution is -0.113. The number of carbonyl (C=O) groups is 3. The zero-order valence-electron chi connectivity index (χ0n) is 21.6. The molecule has 208 valence electrons. The van der Waals surface area contributed by atoms with Gasteiger partial charge in [0.1, 0.15) is 5.00 Å². The van der Waals surface area contributed by atoms with E-state index in [1.54, 1.807) is 41.8 Å². The number of benzene rings is 1. The van der Waals surface area contributed by atoms with Gasteiger partial charge in [-0.1, -0.05) is 29.4 Å². The Labute approximate surface area is 243 Å². The smallest absolute Gasteiger partial charge is 0.341 e. The molecular weight excluding hydrogens is 574 g/mol. The highest BCUT2D eigenvalue weighted by Gasteiger charge is 2.27. The fraction of sp³-hybridized carbons (Fsp3) is 0.296. The van der Waals surface area contributed by atoms with E-state index >= 15 is 0 Å². The first kappa shape index (κ1) is 27.9. The number of hydrogen-bond acceptors (Lipinski definition) is 9. The number of amides is 2. The van der Waals surface area contributed by atoms with Crippen molar-refractivity contribution < 1.29 is 23.5 Å². The standard InChI is InChI=1S/C27H26ClN5O5S2/c1-2-37-26(36)23-18-9-3-4-11-20(18)40-25(23)30-22(34)15-39-27-32-31-21(14-29-24(35)19-10-6-12-38-19)33(27)17-8-5-7-16(28)13-17/h5-8,10,12-13H,2-4,9,11,14-15H2,1H3,(H,29,35)(H,30,34). The number of furan rings is 1. The summed E-state index contributed by atoms with van der Waals surface area (Å²) in [5, 5.41) is 15.7. The van der Waals surface area contributed by atoms with Gasteiger partial charge >= 0.3 is 5.97 Å². The monoisotopic (exact) mass is 599 g/mol. The molecule has 0 saturated carbocycles. The van der Waals surface area contributed by atoms with Crippen LogP contribution in [0.15, 0.2) is 52.2 Å². The van der Waals surface area contributed by atoms with Gasteiger partial charge in [0.25, 0.3) is 5.91 Å². The van der Waals surface area contributed by atoms with Crippen LogP contribution in [-0.2, 0) is 28.9 Å². The Balaban J connectivity index is 1.33. The number of thiophene rings is 1. The fourth-order valence-corrected chi connectivity index (χ4v) is 6.65. The van der Waals surface area contributed by atoms with E-state index in [1.165, 1.54) is 29.4 Å². The molecule has 2 N–H and O–H groups in total. The van der Waals surface area contributed by atoms with E-state index in [0.29, 0.717) is 32.3 Å². The van der Waals surface area contributed by atoms with Gasteiger partial charge in [0.2, 0.25) is 5.91 Å². The molecule has 3 heterocycles. The first-order chi connectivity index (χ1) is 19.4. The Morgan fingerprint density at radius 3 is 2.80 bits per heavy atom. The topological polar surface area (TPSA) is 128 Å². The average molecular weight is 600 g/mol. The highest BCUT2D eigenvalue weighted by molar-refractivity contribution is 7.99. The molecule has 10 nitrogen and oxygen atoms in total. The van der Waals surface area contributed by atoms with Gasteiger partial charge in [0.15, 0.2) is 16.7 Å². The molecular formula is C27H26ClN5O5S2. The van der Waals surface area contributed by atoms with Crippen LogP contribution in [0.1, 0.15) is 56.9 Å². The molecule has 2 amide bonds. The zero-order chi connectivity index (χ0) is 28.1. The van der Waals surface area contributed by atoms with Crippen LogP contribution in [-0.4, -0.2) is 44.9 Å². The number of rotatable bonds is 10. The summed E-state index contributed by atoms with van der Waals surface area (Å²) in [7, 11) is 0. The molecule has 3 aromatic heterocycles. The van der Waals surface area contributed by atoms with Gasteiger partial charge in [0.05, 0.1) is 36.4 Å². The van der Waals surface area contributed by atoms with E-state index in [1.807, 2.05) is 6.07 Å². The van der Waals surface area contributed by atoms with Crippen molar-refractivity contribution in [2.75, 3.05) is 17.7 Å². The molecule has 0 atom stereocenters. The number of carbonyl (C=O) groups excluding carboxylic acids is 3. The van der Waals surface area contributed by atoms with E-state index < -0.39 is 11.9 Å². The zero-order valence-corrected chi connectivity index (χ0v) is 24.0. The molecule has 5 rings (SSSR count). The Morgan fingerprint density at radius 2 is 2.02 bits per heavy atom. The highest BCUT2D eigenvalue weighted by atomic mass is 35.5. The van der Waals surface area contributed by atoms with Crippen molar-refractivity contribution >= 4 is 57.5 Å². The summed E-state index contributed by atoms with van der Waals surface area (Å²) in [6.45, 7) is 2.09. The lowest BCUT2D eigenvalue weighted by atomic mass is 9.95. The van der Waals surface area contributed by atoms with Crippen LogP contribution in [0, 0.1) is 0 Å². The van der Waals surface area contributed by atoms with Crippen LogP contribution in [0.4, 0.5) is 5.00 Å². The van der Waals surface area contributed by atoms with Crippen molar-refractivity contribution in [1.82, 2.24) is 20.1 Å². The van der Waals surface area contributed by atoms with Crippen molar-refractivity contribution in [3.8, 4) is 5.69 Å². The molecule has 13 heteroatoms. The summed E-state index contributed by atoms with van der Waals surface area (Å²) in [6.07, 6.45) is 5.17. The Morgan fingerprint density at radius 1 is 1.18 bits per heavy atom. The molecule has 0 bridgehead atoms. The summed E-state index contributed by atoms with van der Waals surface area (Å²) >= 11 is 8.86. The van der Waals surface area contributed by atoms with Crippen LogP contribution in [0.3, 0.4) is 0 Å². The molecule has 0 spiro atoms. The number of ether oxygens (including phenoxy) is 1. The minimum absolute atomic E-state index is 0.0162. The van der Waals surface area contributed by atoms with Gasteiger partial charge < -0.3 is 19.8 Å². The van der Waals surface area contributed by atoms with Gasteiger partial charge in [-0.25, -0.2) is 4.79 Å². The summed E-state index contributed by atoms with van der Waals surface area (Å²) in [4.78, 5) is 39.3. The fourth-order valence-electron chi connectivity index (χ4n) is 4.40. The summed E-state index contributed by atoms with van der Waals surface area (Å²) in [6, 6.07) is 10.3. The number of anilines is 1. The number of halogens is 1. The predicted molar refractivity (Wildman–Crippen MR) is 153 cm³/mol. The number of aromatic nitrogens is 3. The molecule has 1 aromatic carbocycles. The average Bonchev–Trinajstić information content (AvgIpc) is 3.69.